The Bertz CT molecular complexity index is 1120. The van der Waals surface area contributed by atoms with Crippen LogP contribution in [0.15, 0.2) is 64.9 Å². The second kappa shape index (κ2) is 8.04. The molecule has 0 atom stereocenters. The fourth-order valence-electron chi connectivity index (χ4n) is 2.81. The van der Waals surface area contributed by atoms with Gasteiger partial charge in [-0.15, -0.1) is 0 Å². The Balaban J connectivity index is 1.73. The molecule has 142 valence electrons. The molecule has 0 aliphatic carbocycles. The van der Waals surface area contributed by atoms with Crippen molar-refractivity contribution in [2.45, 2.75) is 23.0 Å². The van der Waals surface area contributed by atoms with Gasteiger partial charge in [-0.25, -0.2) is 15.0 Å². The molecule has 4 rings (SSSR count). The van der Waals surface area contributed by atoms with Crippen LogP contribution >= 0.6 is 23.4 Å². The van der Waals surface area contributed by atoms with Crippen molar-refractivity contribution in [1.29, 1.82) is 0 Å². The molecule has 2 aromatic carbocycles. The molecular formula is C19H15ClFN5OS. The fraction of sp³-hybridized carbons (Fsp3) is 0.105. The van der Waals surface area contributed by atoms with Gasteiger partial charge in [0.2, 0.25) is 0 Å². The van der Waals surface area contributed by atoms with Crippen LogP contribution < -0.4 is 10.7 Å². The summed E-state index contributed by atoms with van der Waals surface area (Å²) in [5.74, 6) is 0.371. The van der Waals surface area contributed by atoms with Crippen LogP contribution in [-0.4, -0.2) is 19.5 Å². The largest absolute Gasteiger partial charge is 0.382 e. The summed E-state index contributed by atoms with van der Waals surface area (Å²) in [7, 11) is 0. The van der Waals surface area contributed by atoms with Crippen molar-refractivity contribution in [2.24, 2.45) is 0 Å². The van der Waals surface area contributed by atoms with E-state index in [9.17, 15) is 4.53 Å². The molecule has 0 radical (unpaired) electrons. The monoisotopic (exact) mass is 415 g/mol. The van der Waals surface area contributed by atoms with Crippen LogP contribution in [0.4, 0.5) is 10.3 Å². The number of imidazole rings is 1. The topological polar surface area (TPSA) is 78.8 Å². The van der Waals surface area contributed by atoms with Crippen molar-refractivity contribution >= 4 is 40.3 Å². The third-order valence-corrected chi connectivity index (χ3v) is 5.68. The molecule has 4 aromatic rings. The molecule has 0 fully saturated rings. The van der Waals surface area contributed by atoms with Crippen molar-refractivity contribution in [3.8, 4) is 5.75 Å². The van der Waals surface area contributed by atoms with Crippen LogP contribution in [0.2, 0.25) is 5.02 Å². The Morgan fingerprint density at radius 1 is 1.14 bits per heavy atom. The Morgan fingerprint density at radius 3 is 2.75 bits per heavy atom. The maximum atomic E-state index is 12.6. The molecule has 2 heterocycles. The van der Waals surface area contributed by atoms with E-state index < -0.39 is 0 Å². The van der Waals surface area contributed by atoms with Gasteiger partial charge in [0.05, 0.1) is 5.02 Å². The summed E-state index contributed by atoms with van der Waals surface area (Å²) in [6, 6.07) is 14.6. The van der Waals surface area contributed by atoms with Crippen LogP contribution in [0.3, 0.4) is 0 Å². The van der Waals surface area contributed by atoms with Crippen LogP contribution in [0.1, 0.15) is 5.56 Å². The summed E-state index contributed by atoms with van der Waals surface area (Å²) in [6.45, 7) is 0.635. The number of rotatable bonds is 6. The zero-order chi connectivity index (χ0) is 19.5. The first kappa shape index (κ1) is 18.5. The van der Waals surface area contributed by atoms with Crippen LogP contribution in [0.5, 0.6) is 5.75 Å². The summed E-state index contributed by atoms with van der Waals surface area (Å²) >= 11 is 7.56. The minimum atomic E-state index is 0.0677. The highest BCUT2D eigenvalue weighted by molar-refractivity contribution is 7.99. The molecule has 9 heteroatoms. The van der Waals surface area contributed by atoms with Gasteiger partial charge < -0.3 is 10.3 Å². The van der Waals surface area contributed by atoms with Crippen molar-refractivity contribution in [3.05, 3.63) is 65.4 Å². The number of nitrogen functional groups attached to an aromatic ring is 1. The molecular weight excluding hydrogens is 401 g/mol. The highest BCUT2D eigenvalue weighted by Gasteiger charge is 2.17. The molecule has 0 bridgehead atoms. The number of anilines is 1. The van der Waals surface area contributed by atoms with Crippen LogP contribution in [0, 0.1) is 0 Å². The molecule has 0 saturated carbocycles. The number of fused-ring (bicyclic) bond motifs is 1. The van der Waals surface area contributed by atoms with Gasteiger partial charge in [-0.2, -0.15) is 0 Å². The lowest BCUT2D eigenvalue weighted by atomic mass is 10.1. The number of nitrogens with two attached hydrogens (primary N) is 1. The molecule has 0 amide bonds. The third kappa shape index (κ3) is 3.74. The standard InChI is InChI=1S/C19H15ClFN5OS/c20-14-7-6-13(27-21)10-15(14)28-19-25-16-17(22)23-11-24-18(16)26(19)9-8-12-4-2-1-3-5-12/h1-7,10-11H,8-9H2,(H2,22,23,24). The van der Waals surface area contributed by atoms with Gasteiger partial charge in [0.1, 0.15) is 6.33 Å². The van der Waals surface area contributed by atoms with Gasteiger partial charge in [0.15, 0.2) is 27.9 Å². The van der Waals surface area contributed by atoms with Gasteiger partial charge in [-0.3, -0.25) is 4.94 Å². The lowest BCUT2D eigenvalue weighted by molar-refractivity contribution is -0.00645. The SMILES string of the molecule is Nc1ncnc2c1nc(Sc1cc(OF)ccc1Cl)n2CCc1ccccc1. The van der Waals surface area contributed by atoms with Crippen LogP contribution in [-0.2, 0) is 13.0 Å². The molecule has 28 heavy (non-hydrogen) atoms. The average molecular weight is 416 g/mol. The number of benzene rings is 2. The summed E-state index contributed by atoms with van der Waals surface area (Å²) < 4.78 is 14.5. The smallest absolute Gasteiger partial charge is 0.175 e. The molecule has 6 nitrogen and oxygen atoms in total. The Labute approximate surface area is 169 Å². The number of aryl methyl sites for hydroxylation is 2. The van der Waals surface area contributed by atoms with E-state index in [-0.39, 0.29) is 5.75 Å². The van der Waals surface area contributed by atoms with E-state index in [0.717, 1.165) is 6.42 Å². The zero-order valence-electron chi connectivity index (χ0n) is 14.5. The lowest BCUT2D eigenvalue weighted by Crippen LogP contribution is -2.04. The van der Waals surface area contributed by atoms with E-state index in [1.807, 2.05) is 22.8 Å². The molecule has 0 saturated heterocycles. The third-order valence-electron chi connectivity index (χ3n) is 4.19. The number of hydrogen-bond acceptors (Lipinski definition) is 6. The zero-order valence-corrected chi connectivity index (χ0v) is 16.1. The normalized spacial score (nSPS) is 11.1. The summed E-state index contributed by atoms with van der Waals surface area (Å²) in [5.41, 5.74) is 8.33. The highest BCUT2D eigenvalue weighted by atomic mass is 35.5. The first-order valence-corrected chi connectivity index (χ1v) is 9.62. The first-order chi connectivity index (χ1) is 13.7. The average Bonchev–Trinajstić information content (AvgIpc) is 3.07. The molecule has 2 aromatic heterocycles. The van der Waals surface area contributed by atoms with Gasteiger partial charge in [0, 0.05) is 22.0 Å². The number of hydrogen-bond donors (Lipinski definition) is 1. The first-order valence-electron chi connectivity index (χ1n) is 8.42. The molecule has 0 aliphatic heterocycles. The minimum Gasteiger partial charge on any atom is -0.382 e. The Kier molecular flexibility index (Phi) is 5.31. The van der Waals surface area contributed by atoms with Crippen molar-refractivity contribution in [3.63, 3.8) is 0 Å². The van der Waals surface area contributed by atoms with E-state index in [0.29, 0.717) is 38.6 Å². The molecule has 0 aliphatic rings. The van der Waals surface area contributed by atoms with Crippen molar-refractivity contribution in [1.82, 2.24) is 19.5 Å². The van der Waals surface area contributed by atoms with Crippen molar-refractivity contribution in [2.75, 3.05) is 5.73 Å². The summed E-state index contributed by atoms with van der Waals surface area (Å²) in [6.07, 6.45) is 2.20. The number of aromatic nitrogens is 4. The lowest BCUT2D eigenvalue weighted by Gasteiger charge is -2.09. The summed E-state index contributed by atoms with van der Waals surface area (Å²) in [5, 5.41) is 1.10. The Morgan fingerprint density at radius 2 is 1.96 bits per heavy atom. The van der Waals surface area contributed by atoms with Gasteiger partial charge in [-0.05, 0) is 35.9 Å². The van der Waals surface area contributed by atoms with E-state index >= 15 is 0 Å². The second-order valence-electron chi connectivity index (χ2n) is 5.98. The summed E-state index contributed by atoms with van der Waals surface area (Å²) in [4.78, 5) is 17.4. The maximum absolute atomic E-state index is 12.6. The van der Waals surface area contributed by atoms with Crippen molar-refractivity contribution < 1.29 is 9.47 Å². The predicted octanol–water partition coefficient (Wildman–Crippen LogP) is 4.72. The molecule has 2 N–H and O–H groups in total. The Hall–Kier alpha value is -2.84. The van der Waals surface area contributed by atoms with Gasteiger partial charge in [-0.1, -0.05) is 41.9 Å². The predicted molar refractivity (Wildman–Crippen MR) is 107 cm³/mol. The van der Waals surface area contributed by atoms with Crippen LogP contribution in [0.25, 0.3) is 11.2 Å². The van der Waals surface area contributed by atoms with E-state index in [1.54, 1.807) is 6.07 Å². The van der Waals surface area contributed by atoms with E-state index in [4.69, 9.17) is 17.3 Å². The quantitative estimate of drug-likeness (QED) is 0.491. The van der Waals surface area contributed by atoms with E-state index in [1.165, 1.54) is 35.8 Å². The minimum absolute atomic E-state index is 0.0677. The maximum Gasteiger partial charge on any atom is 0.175 e. The van der Waals surface area contributed by atoms with E-state index in [2.05, 4.69) is 32.0 Å². The van der Waals surface area contributed by atoms with Gasteiger partial charge >= 0.3 is 0 Å². The number of halogens is 2. The second-order valence-corrected chi connectivity index (χ2v) is 7.40. The van der Waals surface area contributed by atoms with Gasteiger partial charge in [0.25, 0.3) is 0 Å². The molecule has 0 spiro atoms. The highest BCUT2D eigenvalue weighted by Crippen LogP contribution is 2.37. The molecule has 0 unspecified atom stereocenters. The fourth-order valence-corrected chi connectivity index (χ4v) is 4.00. The number of nitrogens with zero attached hydrogens (tertiary/aromatic N) is 4.